The van der Waals surface area contributed by atoms with E-state index in [4.69, 9.17) is 5.73 Å². The molecule has 76 valence electrons. The van der Waals surface area contributed by atoms with Crippen molar-refractivity contribution < 1.29 is 5.11 Å². The van der Waals surface area contributed by atoms with Crippen molar-refractivity contribution in [1.82, 2.24) is 10.3 Å². The monoisotopic (exact) mass is 193 g/mol. The normalized spacial score (nSPS) is 25.8. The molecule has 0 radical (unpaired) electrons. The molecule has 4 nitrogen and oxygen atoms in total. The van der Waals surface area contributed by atoms with Crippen LogP contribution in [0.5, 0.6) is 0 Å². The molecule has 0 aromatic carbocycles. The molecule has 1 aliphatic rings. The molecular weight excluding hydrogens is 178 g/mol. The Morgan fingerprint density at radius 1 is 1.57 bits per heavy atom. The van der Waals surface area contributed by atoms with Crippen LogP contribution in [0.4, 0.5) is 5.82 Å². The first-order valence-corrected chi connectivity index (χ1v) is 4.88. The van der Waals surface area contributed by atoms with Gasteiger partial charge in [-0.05, 0) is 18.9 Å². The van der Waals surface area contributed by atoms with Gasteiger partial charge < -0.3 is 16.2 Å². The van der Waals surface area contributed by atoms with Gasteiger partial charge in [0, 0.05) is 24.3 Å². The fourth-order valence-electron chi connectivity index (χ4n) is 1.56. The zero-order valence-corrected chi connectivity index (χ0v) is 7.98. The van der Waals surface area contributed by atoms with Gasteiger partial charge in [-0.15, -0.1) is 0 Å². The molecule has 4 heteroatoms. The van der Waals surface area contributed by atoms with Crippen molar-refractivity contribution in [1.29, 1.82) is 0 Å². The smallest absolute Gasteiger partial charge is 0.127 e. The van der Waals surface area contributed by atoms with E-state index in [-0.39, 0.29) is 12.1 Å². The molecule has 1 heterocycles. The number of rotatable bonds is 3. The largest absolute Gasteiger partial charge is 0.392 e. The average molecular weight is 193 g/mol. The van der Waals surface area contributed by atoms with E-state index < -0.39 is 0 Å². The fourth-order valence-corrected chi connectivity index (χ4v) is 1.56. The molecule has 0 spiro atoms. The summed E-state index contributed by atoms with van der Waals surface area (Å²) in [5.74, 6) is 0.564. The standard InChI is InChI=1S/C10H15N3O/c11-10-7(2-1-5-12-10)6-13-8-3-4-9(8)14/h1-2,5,8-9,13-14H,3-4,6H2,(H2,11,12)/t8?,9-/m0/s1. The highest BCUT2D eigenvalue weighted by Gasteiger charge is 2.27. The molecule has 2 atom stereocenters. The molecule has 1 aromatic heterocycles. The zero-order valence-electron chi connectivity index (χ0n) is 7.98. The number of nitrogens with two attached hydrogens (primary N) is 1. The molecule has 0 aliphatic heterocycles. The lowest BCUT2D eigenvalue weighted by atomic mass is 9.89. The SMILES string of the molecule is Nc1ncccc1CNC1CC[C@@H]1O. The summed E-state index contributed by atoms with van der Waals surface area (Å²) in [7, 11) is 0. The van der Waals surface area contributed by atoms with Crippen LogP contribution in [0, 0.1) is 0 Å². The number of pyridine rings is 1. The van der Waals surface area contributed by atoms with Crippen LogP contribution in [0.3, 0.4) is 0 Å². The van der Waals surface area contributed by atoms with E-state index in [9.17, 15) is 5.11 Å². The fraction of sp³-hybridized carbons (Fsp3) is 0.500. The van der Waals surface area contributed by atoms with E-state index in [1.165, 1.54) is 0 Å². The first-order chi connectivity index (χ1) is 6.77. The van der Waals surface area contributed by atoms with Gasteiger partial charge in [-0.3, -0.25) is 0 Å². The van der Waals surface area contributed by atoms with Gasteiger partial charge in [0.25, 0.3) is 0 Å². The molecule has 1 fully saturated rings. The van der Waals surface area contributed by atoms with Crippen LogP contribution < -0.4 is 11.1 Å². The maximum Gasteiger partial charge on any atom is 0.127 e. The quantitative estimate of drug-likeness (QED) is 0.644. The highest BCUT2D eigenvalue weighted by Crippen LogP contribution is 2.20. The minimum atomic E-state index is -0.187. The summed E-state index contributed by atoms with van der Waals surface area (Å²) in [5.41, 5.74) is 6.68. The maximum absolute atomic E-state index is 9.35. The van der Waals surface area contributed by atoms with Gasteiger partial charge in [0.15, 0.2) is 0 Å². The Hall–Kier alpha value is -1.13. The van der Waals surface area contributed by atoms with E-state index in [1.807, 2.05) is 12.1 Å². The first-order valence-electron chi connectivity index (χ1n) is 4.88. The molecule has 1 saturated carbocycles. The molecule has 14 heavy (non-hydrogen) atoms. The van der Waals surface area contributed by atoms with Crippen LogP contribution in [0.1, 0.15) is 18.4 Å². The second kappa shape index (κ2) is 3.94. The first kappa shape index (κ1) is 9.43. The molecule has 1 aliphatic carbocycles. The van der Waals surface area contributed by atoms with Crippen LogP contribution in [-0.2, 0) is 6.54 Å². The van der Waals surface area contributed by atoms with Crippen LogP contribution in [0.2, 0.25) is 0 Å². The molecule has 2 rings (SSSR count). The van der Waals surface area contributed by atoms with Gasteiger partial charge >= 0.3 is 0 Å². The van der Waals surface area contributed by atoms with Gasteiger partial charge in [0.1, 0.15) is 5.82 Å². The molecule has 4 N–H and O–H groups in total. The minimum absolute atomic E-state index is 0.187. The third kappa shape index (κ3) is 1.86. The van der Waals surface area contributed by atoms with Gasteiger partial charge in [-0.2, -0.15) is 0 Å². The van der Waals surface area contributed by atoms with E-state index in [0.29, 0.717) is 12.4 Å². The molecule has 1 aromatic rings. The van der Waals surface area contributed by atoms with Crippen LogP contribution >= 0.6 is 0 Å². The van der Waals surface area contributed by atoms with Crippen molar-refractivity contribution in [3.05, 3.63) is 23.9 Å². The Balaban J connectivity index is 1.88. The Morgan fingerprint density at radius 3 is 3.00 bits per heavy atom. The predicted molar refractivity (Wildman–Crippen MR) is 54.5 cm³/mol. The number of hydrogen-bond acceptors (Lipinski definition) is 4. The summed E-state index contributed by atoms with van der Waals surface area (Å²) in [4.78, 5) is 4.00. The van der Waals surface area contributed by atoms with E-state index in [1.54, 1.807) is 6.20 Å². The minimum Gasteiger partial charge on any atom is -0.392 e. The Labute approximate surface area is 83.2 Å². The number of aliphatic hydroxyl groups is 1. The van der Waals surface area contributed by atoms with E-state index in [2.05, 4.69) is 10.3 Å². The summed E-state index contributed by atoms with van der Waals surface area (Å²) in [6.07, 6.45) is 3.44. The number of nitrogens with one attached hydrogen (secondary N) is 1. The van der Waals surface area contributed by atoms with Gasteiger partial charge in [-0.1, -0.05) is 6.07 Å². The van der Waals surface area contributed by atoms with Crippen LogP contribution in [-0.4, -0.2) is 22.2 Å². The van der Waals surface area contributed by atoms with Gasteiger partial charge in [0.2, 0.25) is 0 Å². The van der Waals surface area contributed by atoms with Crippen molar-refractivity contribution in [2.45, 2.75) is 31.5 Å². The Bertz CT molecular complexity index is 316. The topological polar surface area (TPSA) is 71.2 Å². The Kier molecular flexibility index (Phi) is 2.65. The highest BCUT2D eigenvalue weighted by atomic mass is 16.3. The van der Waals surface area contributed by atoms with Crippen molar-refractivity contribution >= 4 is 5.82 Å². The number of hydrogen-bond donors (Lipinski definition) is 3. The van der Waals surface area contributed by atoms with Gasteiger partial charge in [0.05, 0.1) is 6.10 Å². The predicted octanol–water partition coefficient (Wildman–Crippen LogP) is 0.277. The van der Waals surface area contributed by atoms with Crippen molar-refractivity contribution in [2.75, 3.05) is 5.73 Å². The lowest BCUT2D eigenvalue weighted by Crippen LogP contribution is -2.47. The number of nitrogen functional groups attached to an aromatic ring is 1. The maximum atomic E-state index is 9.35. The number of anilines is 1. The van der Waals surface area contributed by atoms with E-state index >= 15 is 0 Å². The summed E-state index contributed by atoms with van der Waals surface area (Å²) in [5, 5.41) is 12.6. The lowest BCUT2D eigenvalue weighted by molar-refractivity contribution is 0.0493. The third-order valence-corrected chi connectivity index (χ3v) is 2.72. The number of aliphatic hydroxyl groups excluding tert-OH is 1. The highest BCUT2D eigenvalue weighted by molar-refractivity contribution is 5.38. The lowest BCUT2D eigenvalue weighted by Gasteiger charge is -2.33. The second-order valence-corrected chi connectivity index (χ2v) is 3.68. The van der Waals surface area contributed by atoms with Crippen LogP contribution in [0.25, 0.3) is 0 Å². The molecule has 1 unspecified atom stereocenters. The van der Waals surface area contributed by atoms with Crippen molar-refractivity contribution in [2.24, 2.45) is 0 Å². The summed E-state index contributed by atoms with van der Waals surface area (Å²) in [6, 6.07) is 4.04. The van der Waals surface area contributed by atoms with Crippen molar-refractivity contribution in [3.63, 3.8) is 0 Å². The second-order valence-electron chi connectivity index (χ2n) is 3.68. The summed E-state index contributed by atoms with van der Waals surface area (Å²) in [6.45, 7) is 0.682. The molecule has 0 amide bonds. The van der Waals surface area contributed by atoms with Crippen molar-refractivity contribution in [3.8, 4) is 0 Å². The number of aromatic nitrogens is 1. The molecule has 0 saturated heterocycles. The zero-order chi connectivity index (χ0) is 9.97. The molecule has 0 bridgehead atoms. The summed E-state index contributed by atoms with van der Waals surface area (Å²) < 4.78 is 0. The van der Waals surface area contributed by atoms with Gasteiger partial charge in [-0.25, -0.2) is 4.98 Å². The van der Waals surface area contributed by atoms with E-state index in [0.717, 1.165) is 18.4 Å². The number of nitrogens with zero attached hydrogens (tertiary/aromatic N) is 1. The average Bonchev–Trinajstić information content (AvgIpc) is 2.19. The molecular formula is C10H15N3O. The Morgan fingerprint density at radius 2 is 2.43 bits per heavy atom. The van der Waals surface area contributed by atoms with Crippen LogP contribution in [0.15, 0.2) is 18.3 Å². The third-order valence-electron chi connectivity index (χ3n) is 2.72. The summed E-state index contributed by atoms with van der Waals surface area (Å²) >= 11 is 0.